The lowest BCUT2D eigenvalue weighted by Gasteiger charge is -2.26. The molecule has 10 nitrogen and oxygen atoms in total. The van der Waals surface area contributed by atoms with Crippen LogP contribution in [0.2, 0.25) is 0 Å². The fourth-order valence-corrected chi connectivity index (χ4v) is 4.81. The Morgan fingerprint density at radius 2 is 1.73 bits per heavy atom. The first-order valence-electron chi connectivity index (χ1n) is 12.0. The highest BCUT2D eigenvalue weighted by atomic mass is 127. The molecule has 0 bridgehead atoms. The van der Waals surface area contributed by atoms with Gasteiger partial charge in [0.05, 0.1) is 23.5 Å². The molecule has 4 rings (SSSR count). The standard InChI is InChI=1S/C29H26IN3O7/c1-16-5-10-23(17(2)11-16)31-25(34)15-40-26-22(30)13-18(14-24(26)39-4)12-21-27(35)32-29(37)33(28(21)36)19-6-8-20(38-3)9-7-19/h5-14H,15H2,1-4H3,(H,31,34)(H,32,35,37)/b21-12+. The second kappa shape index (κ2) is 12.2. The molecule has 1 fully saturated rings. The molecule has 0 aromatic heterocycles. The van der Waals surface area contributed by atoms with Crippen LogP contribution in [0.25, 0.3) is 6.08 Å². The first-order chi connectivity index (χ1) is 19.1. The normalized spacial score (nSPS) is 14.2. The zero-order valence-electron chi connectivity index (χ0n) is 22.2. The molecular weight excluding hydrogens is 629 g/mol. The number of carbonyl (C=O) groups is 4. The molecule has 0 unspecified atom stereocenters. The lowest BCUT2D eigenvalue weighted by atomic mass is 10.1. The number of imide groups is 2. The predicted molar refractivity (Wildman–Crippen MR) is 158 cm³/mol. The first-order valence-corrected chi connectivity index (χ1v) is 13.1. The van der Waals surface area contributed by atoms with Crippen LogP contribution in [-0.2, 0) is 14.4 Å². The van der Waals surface area contributed by atoms with Crippen LogP contribution in [0.3, 0.4) is 0 Å². The van der Waals surface area contributed by atoms with E-state index in [1.165, 1.54) is 32.4 Å². The summed E-state index contributed by atoms with van der Waals surface area (Å²) in [5, 5.41) is 5.03. The Balaban J connectivity index is 1.55. The van der Waals surface area contributed by atoms with Gasteiger partial charge in [0.15, 0.2) is 18.1 Å². The summed E-state index contributed by atoms with van der Waals surface area (Å²) in [4.78, 5) is 51.7. The zero-order chi connectivity index (χ0) is 29.0. The third-order valence-electron chi connectivity index (χ3n) is 6.00. The minimum absolute atomic E-state index is 0.241. The molecule has 0 aliphatic carbocycles. The number of nitrogens with one attached hydrogen (secondary N) is 2. The minimum atomic E-state index is -0.854. The Morgan fingerprint density at radius 3 is 2.38 bits per heavy atom. The van der Waals surface area contributed by atoms with E-state index in [4.69, 9.17) is 14.2 Å². The fourth-order valence-electron chi connectivity index (χ4n) is 4.03. The van der Waals surface area contributed by atoms with E-state index in [9.17, 15) is 19.2 Å². The Labute approximate surface area is 244 Å². The van der Waals surface area contributed by atoms with Crippen molar-refractivity contribution in [3.05, 3.63) is 80.4 Å². The van der Waals surface area contributed by atoms with Gasteiger partial charge in [0.25, 0.3) is 17.7 Å². The molecule has 0 atom stereocenters. The number of rotatable bonds is 8. The predicted octanol–water partition coefficient (Wildman–Crippen LogP) is 4.61. The number of carbonyl (C=O) groups excluding carboxylic acids is 4. The number of hydrogen-bond donors (Lipinski definition) is 2. The topological polar surface area (TPSA) is 123 Å². The van der Waals surface area contributed by atoms with E-state index in [1.54, 1.807) is 24.3 Å². The summed E-state index contributed by atoms with van der Waals surface area (Å²) in [6, 6.07) is 14.4. The molecule has 3 aromatic rings. The molecule has 1 aliphatic rings. The Kier molecular flexibility index (Phi) is 8.73. The van der Waals surface area contributed by atoms with Crippen molar-refractivity contribution in [3.8, 4) is 17.2 Å². The van der Waals surface area contributed by atoms with Gasteiger partial charge in [-0.05, 0) is 96.1 Å². The lowest BCUT2D eigenvalue weighted by molar-refractivity contribution is -0.122. The van der Waals surface area contributed by atoms with Gasteiger partial charge < -0.3 is 19.5 Å². The van der Waals surface area contributed by atoms with Crippen molar-refractivity contribution in [2.45, 2.75) is 13.8 Å². The number of halogens is 1. The number of hydrogen-bond acceptors (Lipinski definition) is 7. The van der Waals surface area contributed by atoms with Gasteiger partial charge >= 0.3 is 6.03 Å². The molecule has 5 amide bonds. The van der Waals surface area contributed by atoms with E-state index in [-0.39, 0.29) is 23.8 Å². The maximum atomic E-state index is 13.2. The second-order valence-corrected chi connectivity index (χ2v) is 10.0. The molecule has 3 aromatic carbocycles. The van der Waals surface area contributed by atoms with Crippen molar-refractivity contribution in [1.82, 2.24) is 5.32 Å². The summed E-state index contributed by atoms with van der Waals surface area (Å²) >= 11 is 2.01. The van der Waals surface area contributed by atoms with E-state index in [0.29, 0.717) is 32.1 Å². The monoisotopic (exact) mass is 655 g/mol. The number of methoxy groups -OCH3 is 2. The second-order valence-electron chi connectivity index (χ2n) is 8.85. The number of urea groups is 1. The maximum Gasteiger partial charge on any atom is 0.335 e. The zero-order valence-corrected chi connectivity index (χ0v) is 24.3. The highest BCUT2D eigenvalue weighted by Crippen LogP contribution is 2.35. The molecule has 1 heterocycles. The first kappa shape index (κ1) is 28.6. The van der Waals surface area contributed by atoms with E-state index < -0.39 is 17.8 Å². The largest absolute Gasteiger partial charge is 0.497 e. The maximum absolute atomic E-state index is 13.2. The average molecular weight is 655 g/mol. The van der Waals surface area contributed by atoms with Gasteiger partial charge in [0.2, 0.25) is 0 Å². The molecule has 0 spiro atoms. The third-order valence-corrected chi connectivity index (χ3v) is 6.80. The van der Waals surface area contributed by atoms with Gasteiger partial charge in [-0.15, -0.1) is 0 Å². The van der Waals surface area contributed by atoms with Crippen molar-refractivity contribution < 1.29 is 33.4 Å². The third kappa shape index (κ3) is 6.25. The SMILES string of the molecule is COc1ccc(N2C(=O)NC(=O)/C(=C\c3cc(I)c(OCC(=O)Nc4ccc(C)cc4C)c(OC)c3)C2=O)cc1. The smallest absolute Gasteiger partial charge is 0.335 e. The van der Waals surface area contributed by atoms with Crippen LogP contribution in [-0.4, -0.2) is 44.6 Å². The highest BCUT2D eigenvalue weighted by molar-refractivity contribution is 14.1. The molecule has 2 N–H and O–H groups in total. The molecule has 0 radical (unpaired) electrons. The van der Waals surface area contributed by atoms with E-state index >= 15 is 0 Å². The van der Waals surface area contributed by atoms with Crippen LogP contribution >= 0.6 is 22.6 Å². The van der Waals surface area contributed by atoms with Gasteiger partial charge in [-0.25, -0.2) is 9.69 Å². The average Bonchev–Trinajstić information content (AvgIpc) is 2.92. The number of nitrogens with zero attached hydrogens (tertiary/aromatic N) is 1. The van der Waals surface area contributed by atoms with Crippen LogP contribution in [0.15, 0.2) is 60.2 Å². The molecule has 1 aliphatic heterocycles. The van der Waals surface area contributed by atoms with Crippen LogP contribution < -0.4 is 29.7 Å². The molecular formula is C29H26IN3O7. The molecule has 1 saturated heterocycles. The molecule has 40 heavy (non-hydrogen) atoms. The summed E-state index contributed by atoms with van der Waals surface area (Å²) in [6.45, 7) is 3.62. The lowest BCUT2D eigenvalue weighted by Crippen LogP contribution is -2.54. The van der Waals surface area contributed by atoms with Crippen LogP contribution in [0.4, 0.5) is 16.2 Å². The quantitative estimate of drug-likeness (QED) is 0.207. The number of ether oxygens (including phenoxy) is 3. The summed E-state index contributed by atoms with van der Waals surface area (Å²) < 4.78 is 16.9. The van der Waals surface area contributed by atoms with E-state index in [2.05, 4.69) is 10.6 Å². The van der Waals surface area contributed by atoms with Gasteiger partial charge in [-0.2, -0.15) is 0 Å². The summed E-state index contributed by atoms with van der Waals surface area (Å²) in [5.74, 6) is -0.773. The number of amides is 5. The van der Waals surface area contributed by atoms with Crippen molar-refractivity contribution in [2.75, 3.05) is 31.0 Å². The number of aryl methyl sites for hydroxylation is 2. The van der Waals surface area contributed by atoms with Crippen molar-refractivity contribution in [3.63, 3.8) is 0 Å². The van der Waals surface area contributed by atoms with Gasteiger partial charge in [0.1, 0.15) is 11.3 Å². The minimum Gasteiger partial charge on any atom is -0.497 e. The van der Waals surface area contributed by atoms with Gasteiger partial charge in [-0.3, -0.25) is 19.7 Å². The number of benzene rings is 3. The molecule has 206 valence electrons. The van der Waals surface area contributed by atoms with E-state index in [1.807, 2.05) is 54.6 Å². The van der Waals surface area contributed by atoms with Crippen LogP contribution in [0.5, 0.6) is 17.2 Å². The molecule has 11 heteroatoms. The van der Waals surface area contributed by atoms with Gasteiger partial charge in [0, 0.05) is 5.69 Å². The Hall–Kier alpha value is -4.39. The Bertz CT molecular complexity index is 1530. The Morgan fingerprint density at radius 1 is 1.00 bits per heavy atom. The van der Waals surface area contributed by atoms with Crippen LogP contribution in [0.1, 0.15) is 16.7 Å². The van der Waals surface area contributed by atoms with Crippen LogP contribution in [0, 0.1) is 17.4 Å². The fraction of sp³-hybridized carbons (Fsp3) is 0.172. The number of barbiturate groups is 1. The van der Waals surface area contributed by atoms with Crippen molar-refractivity contribution in [1.29, 1.82) is 0 Å². The highest BCUT2D eigenvalue weighted by Gasteiger charge is 2.37. The van der Waals surface area contributed by atoms with E-state index in [0.717, 1.165) is 16.0 Å². The summed E-state index contributed by atoms with van der Waals surface area (Å²) in [5.41, 5.74) is 3.21. The summed E-state index contributed by atoms with van der Waals surface area (Å²) in [6.07, 6.45) is 1.36. The van der Waals surface area contributed by atoms with Crippen molar-refractivity contribution >= 4 is 63.8 Å². The number of anilines is 2. The summed E-state index contributed by atoms with van der Waals surface area (Å²) in [7, 11) is 2.94. The van der Waals surface area contributed by atoms with Crippen molar-refractivity contribution in [2.24, 2.45) is 0 Å². The molecule has 0 saturated carbocycles. The van der Waals surface area contributed by atoms with Gasteiger partial charge in [-0.1, -0.05) is 17.7 Å².